The molecule has 2 aromatic heterocycles. The molecule has 2 heterocycles. The van der Waals surface area contributed by atoms with Crippen molar-refractivity contribution in [2.75, 3.05) is 0 Å². The first kappa shape index (κ1) is 19.6. The Morgan fingerprint density at radius 2 is 1.93 bits per heavy atom. The Labute approximate surface area is 169 Å². The minimum atomic E-state index is -0.148. The van der Waals surface area contributed by atoms with Gasteiger partial charge in [-0.15, -0.1) is 10.2 Å². The number of fused-ring (bicyclic) bond motifs is 3. The van der Waals surface area contributed by atoms with Crippen LogP contribution in [-0.2, 0) is 23.2 Å². The van der Waals surface area contributed by atoms with Gasteiger partial charge in [-0.3, -0.25) is 18.6 Å². The molecule has 3 aromatic rings. The van der Waals surface area contributed by atoms with Crippen molar-refractivity contribution in [1.29, 1.82) is 0 Å². The van der Waals surface area contributed by atoms with E-state index in [1.54, 1.807) is 17.5 Å². The van der Waals surface area contributed by atoms with E-state index in [1.807, 2.05) is 18.2 Å². The minimum absolute atomic E-state index is 0.0202. The molecule has 0 amide bonds. The third kappa shape index (κ3) is 3.78. The average molecular weight is 396 g/mol. The van der Waals surface area contributed by atoms with Gasteiger partial charge in [0.15, 0.2) is 12.4 Å². The van der Waals surface area contributed by atoms with Crippen LogP contribution in [0.25, 0.3) is 16.7 Å². The third-order valence-electron chi connectivity index (χ3n) is 6.18. The molecule has 0 unspecified atom stereocenters. The maximum absolute atomic E-state index is 12.6. The van der Waals surface area contributed by atoms with E-state index < -0.39 is 0 Å². The van der Waals surface area contributed by atoms with Crippen LogP contribution in [-0.4, -0.2) is 25.1 Å². The van der Waals surface area contributed by atoms with Crippen molar-refractivity contribution in [3.8, 4) is 0 Å². The van der Waals surface area contributed by atoms with E-state index in [9.17, 15) is 9.59 Å². The number of hydrogen-bond acceptors (Lipinski definition) is 5. The second-order valence-corrected chi connectivity index (χ2v) is 8.10. The summed E-state index contributed by atoms with van der Waals surface area (Å²) in [5, 5.41) is 8.91. The summed E-state index contributed by atoms with van der Waals surface area (Å²) < 4.78 is 8.89. The molecule has 1 saturated carbocycles. The summed E-state index contributed by atoms with van der Waals surface area (Å²) in [6, 6.07) is 7.34. The molecule has 0 aliphatic heterocycles. The van der Waals surface area contributed by atoms with E-state index in [0.717, 1.165) is 37.1 Å². The van der Waals surface area contributed by atoms with Gasteiger partial charge in [-0.2, -0.15) is 0 Å². The van der Waals surface area contributed by atoms with Gasteiger partial charge in [0.05, 0.1) is 16.8 Å². The third-order valence-corrected chi connectivity index (χ3v) is 6.18. The lowest BCUT2D eigenvalue weighted by Crippen LogP contribution is -2.24. The Morgan fingerprint density at radius 3 is 2.69 bits per heavy atom. The number of hydrogen-bond donors (Lipinski definition) is 0. The van der Waals surface area contributed by atoms with E-state index >= 15 is 0 Å². The molecule has 0 spiro atoms. The monoisotopic (exact) mass is 396 g/mol. The van der Waals surface area contributed by atoms with Crippen LogP contribution in [0.4, 0.5) is 0 Å². The number of carbonyl (C=O) groups excluding carboxylic acids is 1. The van der Waals surface area contributed by atoms with E-state index in [1.165, 1.54) is 23.8 Å². The van der Waals surface area contributed by atoms with E-state index in [-0.39, 0.29) is 24.1 Å². The normalized spacial score (nSPS) is 19.7. The molecule has 7 heteroatoms. The molecule has 1 aliphatic rings. The van der Waals surface area contributed by atoms with Gasteiger partial charge in [-0.05, 0) is 43.7 Å². The lowest BCUT2D eigenvalue weighted by molar-refractivity contribution is -0.151. The number of aryl methyl sites for hydroxylation is 1. The molecule has 0 bridgehead atoms. The minimum Gasteiger partial charge on any atom is -0.457 e. The molecule has 0 saturated heterocycles. The number of esters is 1. The standard InChI is InChI=1S/C22H28N4O3/c1-3-4-7-15-10-12-16(13-11-15)21(28)29-14-19-23-24-22-25(2)20(27)17-8-5-6-9-18(17)26(19)22/h5-6,8-9,15-16H,3-4,7,10-14H2,1-2H3. The predicted octanol–water partition coefficient (Wildman–Crippen LogP) is 3.62. The SMILES string of the molecule is CCCCC1CCC(C(=O)OCc2nnc3n(C)c(=O)c4ccccc4n23)CC1. The first-order valence-electron chi connectivity index (χ1n) is 10.6. The zero-order valence-electron chi connectivity index (χ0n) is 17.1. The Balaban J connectivity index is 1.48. The summed E-state index contributed by atoms with van der Waals surface area (Å²) in [4.78, 5) is 25.1. The van der Waals surface area contributed by atoms with Gasteiger partial charge in [-0.1, -0.05) is 38.3 Å². The van der Waals surface area contributed by atoms with Crippen LogP contribution in [0.2, 0.25) is 0 Å². The van der Waals surface area contributed by atoms with Gasteiger partial charge in [0.2, 0.25) is 5.78 Å². The number of para-hydroxylation sites is 1. The van der Waals surface area contributed by atoms with Crippen molar-refractivity contribution >= 4 is 22.6 Å². The first-order chi connectivity index (χ1) is 14.1. The Bertz CT molecular complexity index is 1080. The highest BCUT2D eigenvalue weighted by Crippen LogP contribution is 2.32. The second-order valence-electron chi connectivity index (χ2n) is 8.10. The van der Waals surface area contributed by atoms with Crippen molar-refractivity contribution in [1.82, 2.24) is 19.2 Å². The van der Waals surface area contributed by atoms with Gasteiger partial charge in [0, 0.05) is 7.05 Å². The number of nitrogens with zero attached hydrogens (tertiary/aromatic N) is 4. The van der Waals surface area contributed by atoms with Gasteiger partial charge in [0.25, 0.3) is 5.56 Å². The number of unbranched alkanes of at least 4 members (excludes halogenated alkanes) is 1. The van der Waals surface area contributed by atoms with Gasteiger partial charge in [0.1, 0.15) is 0 Å². The Kier molecular flexibility index (Phi) is 5.65. The molecular formula is C22H28N4O3. The largest absolute Gasteiger partial charge is 0.457 e. The zero-order valence-corrected chi connectivity index (χ0v) is 17.1. The van der Waals surface area contributed by atoms with Gasteiger partial charge >= 0.3 is 5.97 Å². The summed E-state index contributed by atoms with van der Waals surface area (Å²) in [7, 11) is 1.67. The number of aromatic nitrogens is 4. The topological polar surface area (TPSA) is 78.5 Å². The highest BCUT2D eigenvalue weighted by molar-refractivity contribution is 5.80. The van der Waals surface area contributed by atoms with Crippen molar-refractivity contribution in [3.05, 3.63) is 40.4 Å². The fraction of sp³-hybridized carbons (Fsp3) is 0.545. The molecule has 154 valence electrons. The molecule has 1 aromatic carbocycles. The average Bonchev–Trinajstić information content (AvgIpc) is 3.19. The molecule has 1 fully saturated rings. The molecule has 0 radical (unpaired) electrons. The summed E-state index contributed by atoms with van der Waals surface area (Å²) in [6.45, 7) is 2.27. The molecule has 0 atom stereocenters. The summed E-state index contributed by atoms with van der Waals surface area (Å²) in [5.74, 6) is 1.55. The van der Waals surface area contributed by atoms with Crippen molar-refractivity contribution in [3.63, 3.8) is 0 Å². The van der Waals surface area contributed by atoms with Crippen molar-refractivity contribution in [2.45, 2.75) is 58.5 Å². The van der Waals surface area contributed by atoms with E-state index in [4.69, 9.17) is 4.74 Å². The fourth-order valence-corrected chi connectivity index (χ4v) is 4.42. The highest BCUT2D eigenvalue weighted by Gasteiger charge is 2.27. The van der Waals surface area contributed by atoms with Crippen LogP contribution < -0.4 is 5.56 Å². The maximum atomic E-state index is 12.6. The lowest BCUT2D eigenvalue weighted by atomic mass is 9.80. The number of carbonyl (C=O) groups is 1. The Morgan fingerprint density at radius 1 is 1.17 bits per heavy atom. The summed E-state index contributed by atoms with van der Waals surface area (Å²) in [6.07, 6.45) is 7.82. The van der Waals surface area contributed by atoms with E-state index in [2.05, 4.69) is 17.1 Å². The highest BCUT2D eigenvalue weighted by atomic mass is 16.5. The molecule has 0 N–H and O–H groups in total. The van der Waals surface area contributed by atoms with Crippen LogP contribution in [0.15, 0.2) is 29.1 Å². The van der Waals surface area contributed by atoms with Crippen LogP contribution in [0, 0.1) is 11.8 Å². The van der Waals surface area contributed by atoms with E-state index in [0.29, 0.717) is 17.0 Å². The van der Waals surface area contributed by atoms with Crippen LogP contribution in [0.1, 0.15) is 57.7 Å². The second kappa shape index (κ2) is 8.35. The number of rotatable bonds is 6. The summed E-state index contributed by atoms with van der Waals surface area (Å²) >= 11 is 0. The molecule has 29 heavy (non-hydrogen) atoms. The maximum Gasteiger partial charge on any atom is 0.309 e. The molecule has 4 rings (SSSR count). The zero-order chi connectivity index (χ0) is 20.4. The molecule has 1 aliphatic carbocycles. The number of benzene rings is 1. The first-order valence-corrected chi connectivity index (χ1v) is 10.6. The number of ether oxygens (including phenoxy) is 1. The fourth-order valence-electron chi connectivity index (χ4n) is 4.42. The predicted molar refractivity (Wildman–Crippen MR) is 111 cm³/mol. The quantitative estimate of drug-likeness (QED) is 0.595. The van der Waals surface area contributed by atoms with Gasteiger partial charge < -0.3 is 4.74 Å². The molecule has 7 nitrogen and oxygen atoms in total. The van der Waals surface area contributed by atoms with Crippen molar-refractivity contribution in [2.24, 2.45) is 18.9 Å². The van der Waals surface area contributed by atoms with Gasteiger partial charge in [-0.25, -0.2) is 0 Å². The van der Waals surface area contributed by atoms with Crippen LogP contribution >= 0.6 is 0 Å². The Hall–Kier alpha value is -2.70. The molecular weight excluding hydrogens is 368 g/mol. The van der Waals surface area contributed by atoms with Crippen molar-refractivity contribution < 1.29 is 9.53 Å². The summed E-state index contributed by atoms with van der Waals surface area (Å²) in [5.41, 5.74) is 0.599. The lowest BCUT2D eigenvalue weighted by Gasteiger charge is -2.27. The van der Waals surface area contributed by atoms with Crippen LogP contribution in [0.5, 0.6) is 0 Å². The smallest absolute Gasteiger partial charge is 0.309 e. The van der Waals surface area contributed by atoms with Crippen LogP contribution in [0.3, 0.4) is 0 Å².